The summed E-state index contributed by atoms with van der Waals surface area (Å²) in [5.74, 6) is 0.759. The summed E-state index contributed by atoms with van der Waals surface area (Å²) in [6, 6.07) is 1.17. The average molecular weight is 349 g/mol. The van der Waals surface area contributed by atoms with E-state index in [1.54, 1.807) is 0 Å². The van der Waals surface area contributed by atoms with E-state index in [1.807, 2.05) is 0 Å². The van der Waals surface area contributed by atoms with Gasteiger partial charge in [-0.15, -0.1) is 5.10 Å². The molecule has 0 aliphatic carbocycles. The molecule has 0 bridgehead atoms. The number of tetrazole rings is 1. The van der Waals surface area contributed by atoms with E-state index in [0.717, 1.165) is 30.6 Å². The zero-order chi connectivity index (χ0) is 14.1. The number of alkyl halides is 1. The molecule has 1 heterocycles. The zero-order valence-electron chi connectivity index (χ0n) is 12.2. The first kappa shape index (κ1) is 16.8. The second-order valence-electron chi connectivity index (χ2n) is 5.99. The van der Waals surface area contributed by atoms with Crippen LogP contribution in [0.15, 0.2) is 0 Å². The highest BCUT2D eigenvalue weighted by atomic mass is 79.9. The SMILES string of the molecule is C[Si](C)(C)CCOC(CCCCCBr)c1nnn[nH]1. The van der Waals surface area contributed by atoms with Gasteiger partial charge in [-0.3, -0.25) is 0 Å². The van der Waals surface area contributed by atoms with Crippen molar-refractivity contribution in [2.75, 3.05) is 11.9 Å². The first-order chi connectivity index (χ1) is 9.03. The summed E-state index contributed by atoms with van der Waals surface area (Å²) in [5.41, 5.74) is 0. The van der Waals surface area contributed by atoms with E-state index in [2.05, 4.69) is 56.2 Å². The molecule has 0 aliphatic rings. The van der Waals surface area contributed by atoms with Crippen LogP contribution in [0.4, 0.5) is 0 Å². The molecule has 0 saturated heterocycles. The highest BCUT2D eigenvalue weighted by Gasteiger charge is 2.18. The maximum absolute atomic E-state index is 5.99. The Balaban J connectivity index is 2.37. The Morgan fingerprint density at radius 3 is 2.63 bits per heavy atom. The Labute approximate surface area is 125 Å². The highest BCUT2D eigenvalue weighted by molar-refractivity contribution is 9.09. The van der Waals surface area contributed by atoms with E-state index in [-0.39, 0.29) is 6.10 Å². The van der Waals surface area contributed by atoms with E-state index in [0.29, 0.717) is 0 Å². The lowest BCUT2D eigenvalue weighted by atomic mass is 10.1. The minimum absolute atomic E-state index is 0.0154. The molecule has 0 radical (unpaired) electrons. The van der Waals surface area contributed by atoms with Gasteiger partial charge in [0.1, 0.15) is 6.10 Å². The summed E-state index contributed by atoms with van der Waals surface area (Å²) < 4.78 is 5.99. The second-order valence-corrected chi connectivity index (χ2v) is 12.4. The second kappa shape index (κ2) is 8.81. The molecule has 0 aromatic carbocycles. The molecule has 0 amide bonds. The van der Waals surface area contributed by atoms with Crippen LogP contribution in [-0.2, 0) is 4.74 Å². The molecule has 5 nitrogen and oxygen atoms in total. The number of unbranched alkanes of at least 4 members (excludes halogenated alkanes) is 2. The van der Waals surface area contributed by atoms with Crippen molar-refractivity contribution in [1.29, 1.82) is 0 Å². The Morgan fingerprint density at radius 1 is 1.26 bits per heavy atom. The topological polar surface area (TPSA) is 63.7 Å². The Kier molecular flexibility index (Phi) is 7.78. The number of nitrogens with one attached hydrogen (secondary N) is 1. The van der Waals surface area contributed by atoms with Crippen LogP contribution in [0.25, 0.3) is 0 Å². The molecule has 0 aliphatic heterocycles. The number of nitrogens with zero attached hydrogens (tertiary/aromatic N) is 3. The van der Waals surface area contributed by atoms with Gasteiger partial charge in [-0.1, -0.05) is 48.4 Å². The number of hydrogen-bond donors (Lipinski definition) is 1. The number of rotatable bonds is 10. The van der Waals surface area contributed by atoms with Crippen LogP contribution in [0, 0.1) is 0 Å². The lowest BCUT2D eigenvalue weighted by Gasteiger charge is -2.19. The van der Waals surface area contributed by atoms with Gasteiger partial charge in [0.15, 0.2) is 5.82 Å². The number of hydrogen-bond acceptors (Lipinski definition) is 4. The minimum Gasteiger partial charge on any atom is -0.370 e. The molecule has 1 atom stereocenters. The third-order valence-corrected chi connectivity index (χ3v) is 5.20. The van der Waals surface area contributed by atoms with Gasteiger partial charge in [0, 0.05) is 20.0 Å². The van der Waals surface area contributed by atoms with Crippen LogP contribution in [0.2, 0.25) is 25.7 Å². The number of ether oxygens (including phenoxy) is 1. The molecule has 110 valence electrons. The molecule has 1 unspecified atom stereocenters. The van der Waals surface area contributed by atoms with Crippen LogP contribution >= 0.6 is 15.9 Å². The summed E-state index contributed by atoms with van der Waals surface area (Å²) in [5, 5.41) is 15.2. The van der Waals surface area contributed by atoms with Gasteiger partial charge in [0.25, 0.3) is 0 Å². The van der Waals surface area contributed by atoms with Crippen molar-refractivity contribution >= 4 is 24.0 Å². The van der Waals surface area contributed by atoms with Crippen molar-refractivity contribution in [3.63, 3.8) is 0 Å². The Hall–Kier alpha value is -0.273. The number of aromatic nitrogens is 4. The van der Waals surface area contributed by atoms with Crippen molar-refractivity contribution in [2.45, 2.75) is 57.5 Å². The van der Waals surface area contributed by atoms with Gasteiger partial charge in [0.05, 0.1) is 0 Å². The Bertz CT molecular complexity index is 329. The van der Waals surface area contributed by atoms with Crippen LogP contribution in [0.1, 0.15) is 37.6 Å². The maximum Gasteiger partial charge on any atom is 0.177 e. The monoisotopic (exact) mass is 348 g/mol. The summed E-state index contributed by atoms with van der Waals surface area (Å²) in [6.07, 6.45) is 4.55. The normalized spacial score (nSPS) is 13.7. The molecular formula is C12H25BrN4OSi. The predicted octanol–water partition coefficient (Wildman–Crippen LogP) is 3.55. The average Bonchev–Trinajstić information content (AvgIpc) is 2.84. The van der Waals surface area contributed by atoms with Crippen molar-refractivity contribution in [3.8, 4) is 0 Å². The number of halogens is 1. The van der Waals surface area contributed by atoms with Crippen LogP contribution < -0.4 is 0 Å². The lowest BCUT2D eigenvalue weighted by molar-refractivity contribution is 0.0476. The molecule has 0 spiro atoms. The van der Waals surface area contributed by atoms with Crippen molar-refractivity contribution in [3.05, 3.63) is 5.82 Å². The number of H-pyrrole nitrogens is 1. The molecule has 7 heteroatoms. The predicted molar refractivity (Wildman–Crippen MR) is 83.3 cm³/mol. The van der Waals surface area contributed by atoms with Gasteiger partial charge in [-0.25, -0.2) is 5.10 Å². The molecule has 1 rings (SSSR count). The van der Waals surface area contributed by atoms with Crippen molar-refractivity contribution in [2.24, 2.45) is 0 Å². The van der Waals surface area contributed by atoms with Crippen molar-refractivity contribution in [1.82, 2.24) is 20.6 Å². The highest BCUT2D eigenvalue weighted by Crippen LogP contribution is 2.21. The molecule has 1 aromatic heterocycles. The van der Waals surface area contributed by atoms with Crippen LogP contribution in [-0.4, -0.2) is 40.6 Å². The first-order valence-electron chi connectivity index (χ1n) is 6.94. The molecule has 19 heavy (non-hydrogen) atoms. The van der Waals surface area contributed by atoms with Crippen molar-refractivity contribution < 1.29 is 4.74 Å². The van der Waals surface area contributed by atoms with Gasteiger partial charge >= 0.3 is 0 Å². The van der Waals surface area contributed by atoms with Gasteiger partial charge in [-0.2, -0.15) is 0 Å². The summed E-state index contributed by atoms with van der Waals surface area (Å²) in [7, 11) is -1.05. The van der Waals surface area contributed by atoms with Gasteiger partial charge in [-0.05, 0) is 29.3 Å². The van der Waals surface area contributed by atoms with E-state index in [1.165, 1.54) is 18.9 Å². The van der Waals surface area contributed by atoms with E-state index < -0.39 is 8.07 Å². The van der Waals surface area contributed by atoms with E-state index >= 15 is 0 Å². The molecule has 1 N–H and O–H groups in total. The van der Waals surface area contributed by atoms with E-state index in [4.69, 9.17) is 4.74 Å². The molecule has 0 fully saturated rings. The fourth-order valence-corrected chi connectivity index (χ4v) is 2.84. The van der Waals surface area contributed by atoms with Gasteiger partial charge < -0.3 is 4.74 Å². The smallest absolute Gasteiger partial charge is 0.177 e. The quantitative estimate of drug-likeness (QED) is 0.399. The summed E-state index contributed by atoms with van der Waals surface area (Å²) >= 11 is 3.45. The third-order valence-electron chi connectivity index (χ3n) is 2.94. The molecule has 0 saturated carbocycles. The molecule has 1 aromatic rings. The van der Waals surface area contributed by atoms with Gasteiger partial charge in [0.2, 0.25) is 0 Å². The lowest BCUT2D eigenvalue weighted by Crippen LogP contribution is -2.22. The van der Waals surface area contributed by atoms with Crippen LogP contribution in [0.5, 0.6) is 0 Å². The number of aromatic amines is 1. The fraction of sp³-hybridized carbons (Fsp3) is 0.917. The minimum atomic E-state index is -1.05. The molecular weight excluding hydrogens is 324 g/mol. The summed E-state index contributed by atoms with van der Waals surface area (Å²) in [4.78, 5) is 0. The zero-order valence-corrected chi connectivity index (χ0v) is 14.7. The van der Waals surface area contributed by atoms with E-state index in [9.17, 15) is 0 Å². The summed E-state index contributed by atoms with van der Waals surface area (Å²) in [6.45, 7) is 7.88. The largest absolute Gasteiger partial charge is 0.370 e. The Morgan fingerprint density at radius 2 is 2.05 bits per heavy atom. The van der Waals surface area contributed by atoms with Crippen LogP contribution in [0.3, 0.4) is 0 Å². The first-order valence-corrected chi connectivity index (χ1v) is 11.8. The standard InChI is InChI=1S/C12H25BrN4OSi/c1-19(2,3)10-9-18-11(7-5-4-6-8-13)12-14-16-17-15-12/h11H,4-10H2,1-3H3,(H,14,15,16,17). The maximum atomic E-state index is 5.99. The third kappa shape index (κ3) is 7.79. The fourth-order valence-electron chi connectivity index (χ4n) is 1.71.